The van der Waals surface area contributed by atoms with Crippen LogP contribution >= 0.6 is 46.6 Å². The van der Waals surface area contributed by atoms with Crippen LogP contribution in [0.5, 0.6) is 0 Å². The number of carbonyl (C=O) groups excluding carboxylic acids is 3. The highest BCUT2D eigenvalue weighted by molar-refractivity contribution is 8.18. The summed E-state index contributed by atoms with van der Waals surface area (Å²) in [6.07, 6.45) is 1.45. The van der Waals surface area contributed by atoms with Crippen LogP contribution < -0.4 is 5.32 Å². The van der Waals surface area contributed by atoms with Crippen molar-refractivity contribution in [2.75, 3.05) is 11.9 Å². The molecular weight excluding hydrogens is 495 g/mol. The van der Waals surface area contributed by atoms with Gasteiger partial charge in [-0.2, -0.15) is 0 Å². The lowest BCUT2D eigenvalue weighted by atomic mass is 10.2. The van der Waals surface area contributed by atoms with E-state index in [-0.39, 0.29) is 4.91 Å². The molecule has 3 amide bonds. The summed E-state index contributed by atoms with van der Waals surface area (Å²) in [4.78, 5) is 38.2. The van der Waals surface area contributed by atoms with Crippen molar-refractivity contribution in [3.63, 3.8) is 0 Å². The smallest absolute Gasteiger partial charge is 0.294 e. The van der Waals surface area contributed by atoms with Gasteiger partial charge in [0.05, 0.1) is 9.93 Å². The number of amides is 3. The maximum atomic E-state index is 12.7. The number of thioether (sulfide) groups is 1. The van der Waals surface area contributed by atoms with Crippen LogP contribution in [0.25, 0.3) is 17.4 Å². The van der Waals surface area contributed by atoms with E-state index in [4.69, 9.17) is 39.2 Å². The lowest BCUT2D eigenvalue weighted by Crippen LogP contribution is -2.36. The maximum Gasteiger partial charge on any atom is 0.294 e. The Hall–Kier alpha value is -2.71. The van der Waals surface area contributed by atoms with Gasteiger partial charge in [-0.1, -0.05) is 34.8 Å². The fourth-order valence-corrected chi connectivity index (χ4v) is 4.35. The molecule has 1 aromatic heterocycles. The Kier molecular flexibility index (Phi) is 6.62. The molecule has 2 heterocycles. The molecule has 162 valence electrons. The van der Waals surface area contributed by atoms with Gasteiger partial charge in [-0.15, -0.1) is 0 Å². The first-order valence-electron chi connectivity index (χ1n) is 9.16. The average molecular weight is 508 g/mol. The number of hydrogen-bond donors (Lipinski definition) is 1. The highest BCUT2D eigenvalue weighted by atomic mass is 35.5. The van der Waals surface area contributed by atoms with Crippen LogP contribution in [0, 0.1) is 0 Å². The number of benzene rings is 2. The van der Waals surface area contributed by atoms with Gasteiger partial charge in [-0.3, -0.25) is 19.3 Å². The van der Waals surface area contributed by atoms with Crippen LogP contribution in [0.4, 0.5) is 10.5 Å². The Morgan fingerprint density at radius 2 is 1.72 bits per heavy atom. The maximum absolute atomic E-state index is 12.7. The number of halogens is 3. The monoisotopic (exact) mass is 506 g/mol. The Morgan fingerprint density at radius 1 is 1.00 bits per heavy atom. The van der Waals surface area contributed by atoms with Crippen molar-refractivity contribution >= 4 is 75.4 Å². The molecule has 3 aromatic rings. The third-order valence-electron chi connectivity index (χ3n) is 4.40. The first kappa shape index (κ1) is 22.5. The number of rotatable bonds is 5. The lowest BCUT2D eigenvalue weighted by molar-refractivity contribution is -0.127. The molecule has 1 aliphatic heterocycles. The Morgan fingerprint density at radius 3 is 2.44 bits per heavy atom. The number of carbonyl (C=O) groups is 3. The molecule has 0 aliphatic carbocycles. The van der Waals surface area contributed by atoms with E-state index in [0.717, 1.165) is 16.7 Å². The molecule has 0 atom stereocenters. The zero-order valence-electron chi connectivity index (χ0n) is 16.1. The van der Waals surface area contributed by atoms with E-state index in [2.05, 4.69) is 5.32 Å². The van der Waals surface area contributed by atoms with Crippen molar-refractivity contribution in [2.45, 2.75) is 0 Å². The van der Waals surface area contributed by atoms with Crippen LogP contribution in [-0.2, 0) is 9.59 Å². The van der Waals surface area contributed by atoms with Crippen molar-refractivity contribution in [1.29, 1.82) is 0 Å². The molecule has 32 heavy (non-hydrogen) atoms. The second-order valence-electron chi connectivity index (χ2n) is 6.65. The second kappa shape index (κ2) is 9.42. The third kappa shape index (κ3) is 5.02. The predicted molar refractivity (Wildman–Crippen MR) is 127 cm³/mol. The summed E-state index contributed by atoms with van der Waals surface area (Å²) in [5.74, 6) is -0.233. The fourth-order valence-electron chi connectivity index (χ4n) is 2.91. The number of imide groups is 1. The molecule has 0 radical (unpaired) electrons. The van der Waals surface area contributed by atoms with Crippen molar-refractivity contribution in [3.8, 4) is 11.3 Å². The molecule has 0 saturated carbocycles. The number of furan rings is 1. The van der Waals surface area contributed by atoms with Gasteiger partial charge in [0, 0.05) is 27.4 Å². The van der Waals surface area contributed by atoms with Crippen LogP contribution in [0.15, 0.2) is 63.9 Å². The number of nitrogens with one attached hydrogen (secondary N) is 1. The SMILES string of the molecule is O=C(CN1C(=O)S/C(=C/c2ccc(-c3ccc(Cl)cc3Cl)o2)C1=O)Nc1ccc(Cl)cc1. The second-order valence-corrected chi connectivity index (χ2v) is 8.92. The zero-order valence-corrected chi connectivity index (χ0v) is 19.2. The first-order chi connectivity index (χ1) is 15.3. The normalized spacial score (nSPS) is 15.0. The summed E-state index contributed by atoms with van der Waals surface area (Å²) in [6, 6.07) is 14.8. The third-order valence-corrected chi connectivity index (χ3v) is 6.11. The van der Waals surface area contributed by atoms with Gasteiger partial charge in [-0.05, 0) is 66.4 Å². The summed E-state index contributed by atoms with van der Waals surface area (Å²) in [6.45, 7) is -0.408. The van der Waals surface area contributed by atoms with Gasteiger partial charge >= 0.3 is 0 Å². The Labute approximate surface area is 202 Å². The quantitative estimate of drug-likeness (QED) is 0.395. The molecule has 1 N–H and O–H groups in total. The number of anilines is 1. The average Bonchev–Trinajstić information content (AvgIpc) is 3.30. The summed E-state index contributed by atoms with van der Waals surface area (Å²) in [5.41, 5.74) is 1.15. The molecular formula is C22H13Cl3N2O4S. The van der Waals surface area contributed by atoms with Gasteiger partial charge in [-0.25, -0.2) is 0 Å². The standard InChI is InChI=1S/C22H13Cl3N2O4S/c23-12-1-4-14(5-2-12)26-20(28)11-27-21(29)19(32-22(27)30)10-15-6-8-18(31-15)16-7-3-13(24)9-17(16)25/h1-10H,11H2,(H,26,28)/b19-10+. The van der Waals surface area contributed by atoms with Crippen molar-refractivity contribution in [2.24, 2.45) is 0 Å². The number of hydrogen-bond acceptors (Lipinski definition) is 5. The summed E-state index contributed by atoms with van der Waals surface area (Å²) < 4.78 is 5.75. The van der Waals surface area contributed by atoms with Crippen molar-refractivity contribution in [3.05, 3.63) is 80.3 Å². The van der Waals surface area contributed by atoms with Crippen LogP contribution in [0.1, 0.15) is 5.76 Å². The van der Waals surface area contributed by atoms with E-state index in [9.17, 15) is 14.4 Å². The summed E-state index contributed by atoms with van der Waals surface area (Å²) in [5, 5.41) is 3.53. The number of nitrogens with zero attached hydrogens (tertiary/aromatic N) is 1. The van der Waals surface area contributed by atoms with Crippen LogP contribution in [0.3, 0.4) is 0 Å². The molecule has 1 aliphatic rings. The highest BCUT2D eigenvalue weighted by Crippen LogP contribution is 2.35. The molecule has 2 aromatic carbocycles. The molecule has 1 fully saturated rings. The van der Waals surface area contributed by atoms with E-state index in [1.54, 1.807) is 54.6 Å². The molecule has 0 unspecified atom stereocenters. The van der Waals surface area contributed by atoms with Gasteiger partial charge in [0.2, 0.25) is 5.91 Å². The van der Waals surface area contributed by atoms with E-state index in [1.807, 2.05) is 0 Å². The molecule has 6 nitrogen and oxygen atoms in total. The minimum absolute atomic E-state index is 0.150. The topological polar surface area (TPSA) is 79.6 Å². The van der Waals surface area contributed by atoms with Crippen molar-refractivity contribution in [1.82, 2.24) is 4.90 Å². The first-order valence-corrected chi connectivity index (χ1v) is 11.1. The molecule has 4 rings (SSSR count). The fraction of sp³-hybridized carbons (Fsp3) is 0.0455. The van der Waals surface area contributed by atoms with Gasteiger partial charge in [0.1, 0.15) is 18.1 Å². The Balaban J connectivity index is 1.46. The lowest BCUT2D eigenvalue weighted by Gasteiger charge is -2.12. The van der Waals surface area contributed by atoms with Crippen molar-refractivity contribution < 1.29 is 18.8 Å². The molecule has 0 spiro atoms. The minimum atomic E-state index is -0.575. The van der Waals surface area contributed by atoms with Crippen LogP contribution in [0.2, 0.25) is 15.1 Å². The summed E-state index contributed by atoms with van der Waals surface area (Å²) in [7, 11) is 0. The molecule has 10 heteroatoms. The highest BCUT2D eigenvalue weighted by Gasteiger charge is 2.36. The predicted octanol–water partition coefficient (Wildman–Crippen LogP) is 6.58. The van der Waals surface area contributed by atoms with Gasteiger partial charge in [0.25, 0.3) is 11.1 Å². The van der Waals surface area contributed by atoms with E-state index in [1.165, 1.54) is 6.08 Å². The molecule has 1 saturated heterocycles. The van der Waals surface area contributed by atoms with Gasteiger partial charge < -0.3 is 9.73 Å². The Bertz CT molecular complexity index is 1250. The largest absolute Gasteiger partial charge is 0.457 e. The summed E-state index contributed by atoms with van der Waals surface area (Å²) >= 11 is 18.7. The minimum Gasteiger partial charge on any atom is -0.457 e. The van der Waals surface area contributed by atoms with Gasteiger partial charge in [0.15, 0.2) is 0 Å². The van der Waals surface area contributed by atoms with E-state index >= 15 is 0 Å². The van der Waals surface area contributed by atoms with E-state index < -0.39 is 23.6 Å². The van der Waals surface area contributed by atoms with Crippen LogP contribution in [-0.4, -0.2) is 28.5 Å². The van der Waals surface area contributed by atoms with E-state index in [0.29, 0.717) is 37.8 Å². The zero-order chi connectivity index (χ0) is 22.8. The molecule has 0 bridgehead atoms.